The van der Waals surface area contributed by atoms with Gasteiger partial charge in [-0.2, -0.15) is 0 Å². The SMILES string of the molecule is CCOC(=O)Nc1cccc(F)c1F. The van der Waals surface area contributed by atoms with Gasteiger partial charge in [0.15, 0.2) is 11.6 Å². The number of halogens is 2. The summed E-state index contributed by atoms with van der Waals surface area (Å²) in [6, 6.07) is 3.50. The van der Waals surface area contributed by atoms with E-state index in [0.717, 1.165) is 6.07 Å². The topological polar surface area (TPSA) is 38.3 Å². The number of ether oxygens (including phenoxy) is 1. The predicted molar refractivity (Wildman–Crippen MR) is 47.0 cm³/mol. The third-order valence-electron chi connectivity index (χ3n) is 1.46. The molecular formula is C9H9F2NO2. The van der Waals surface area contributed by atoms with E-state index >= 15 is 0 Å². The Bertz CT molecular complexity index is 342. The molecule has 1 N–H and O–H groups in total. The molecule has 5 heteroatoms. The second-order valence-corrected chi connectivity index (χ2v) is 2.45. The molecule has 0 heterocycles. The van der Waals surface area contributed by atoms with Gasteiger partial charge in [0, 0.05) is 0 Å². The average Bonchev–Trinajstić information content (AvgIpc) is 2.13. The summed E-state index contributed by atoms with van der Waals surface area (Å²) in [6.45, 7) is 1.78. The first-order valence-corrected chi connectivity index (χ1v) is 4.03. The smallest absolute Gasteiger partial charge is 0.411 e. The van der Waals surface area contributed by atoms with Gasteiger partial charge in [-0.1, -0.05) is 6.07 Å². The van der Waals surface area contributed by atoms with E-state index in [1.165, 1.54) is 12.1 Å². The summed E-state index contributed by atoms with van der Waals surface area (Å²) in [5.41, 5.74) is -0.233. The van der Waals surface area contributed by atoms with Crippen LogP contribution >= 0.6 is 0 Å². The van der Waals surface area contributed by atoms with Crippen molar-refractivity contribution in [2.45, 2.75) is 6.92 Å². The van der Waals surface area contributed by atoms with Crippen LogP contribution in [0.5, 0.6) is 0 Å². The normalized spacial score (nSPS) is 9.64. The molecule has 0 unspecified atom stereocenters. The lowest BCUT2D eigenvalue weighted by Gasteiger charge is -2.05. The number of rotatable bonds is 2. The van der Waals surface area contributed by atoms with Crippen molar-refractivity contribution >= 4 is 11.8 Å². The van der Waals surface area contributed by atoms with Gasteiger partial charge in [0.05, 0.1) is 12.3 Å². The molecule has 0 aromatic heterocycles. The van der Waals surface area contributed by atoms with Gasteiger partial charge >= 0.3 is 6.09 Å². The van der Waals surface area contributed by atoms with Crippen LogP contribution in [-0.2, 0) is 4.74 Å². The standard InChI is InChI=1S/C9H9F2NO2/c1-2-14-9(13)12-7-5-3-4-6(10)8(7)11/h3-5H,2H2,1H3,(H,12,13). The van der Waals surface area contributed by atoms with Gasteiger partial charge < -0.3 is 4.74 Å². The zero-order valence-corrected chi connectivity index (χ0v) is 7.51. The highest BCUT2D eigenvalue weighted by molar-refractivity contribution is 5.84. The summed E-state index contributed by atoms with van der Waals surface area (Å²) in [4.78, 5) is 10.9. The first-order chi connectivity index (χ1) is 6.65. The zero-order valence-electron chi connectivity index (χ0n) is 7.51. The Morgan fingerprint density at radius 3 is 2.86 bits per heavy atom. The van der Waals surface area contributed by atoms with Crippen LogP contribution in [0.1, 0.15) is 6.92 Å². The fraction of sp³-hybridized carbons (Fsp3) is 0.222. The summed E-state index contributed by atoms with van der Waals surface area (Å²) in [6.07, 6.45) is -0.808. The van der Waals surface area contributed by atoms with Crippen molar-refractivity contribution in [3.8, 4) is 0 Å². The highest BCUT2D eigenvalue weighted by atomic mass is 19.2. The Labute approximate surface area is 79.7 Å². The van der Waals surface area contributed by atoms with Crippen molar-refractivity contribution in [3.05, 3.63) is 29.8 Å². The number of benzene rings is 1. The quantitative estimate of drug-likeness (QED) is 0.798. The molecule has 0 spiro atoms. The van der Waals surface area contributed by atoms with Crippen molar-refractivity contribution < 1.29 is 18.3 Å². The predicted octanol–water partition coefficient (Wildman–Crippen LogP) is 2.53. The van der Waals surface area contributed by atoms with E-state index in [4.69, 9.17) is 0 Å². The summed E-state index contributed by atoms with van der Waals surface area (Å²) in [7, 11) is 0. The minimum Gasteiger partial charge on any atom is -0.450 e. The van der Waals surface area contributed by atoms with E-state index in [0.29, 0.717) is 0 Å². The fourth-order valence-corrected chi connectivity index (χ4v) is 0.877. The number of carbonyl (C=O) groups excluding carboxylic acids is 1. The maximum Gasteiger partial charge on any atom is 0.411 e. The molecule has 0 saturated heterocycles. The van der Waals surface area contributed by atoms with Gasteiger partial charge in [0.1, 0.15) is 0 Å². The van der Waals surface area contributed by atoms with E-state index in [-0.39, 0.29) is 12.3 Å². The molecule has 1 rings (SSSR count). The summed E-state index contributed by atoms with van der Waals surface area (Å²) in [5.74, 6) is -2.11. The monoisotopic (exact) mass is 201 g/mol. The van der Waals surface area contributed by atoms with Crippen molar-refractivity contribution in [1.82, 2.24) is 0 Å². The van der Waals surface area contributed by atoms with Gasteiger partial charge in [0.2, 0.25) is 0 Å². The molecule has 0 radical (unpaired) electrons. The minimum atomic E-state index is -1.10. The van der Waals surface area contributed by atoms with Crippen LogP contribution in [0.15, 0.2) is 18.2 Å². The maximum atomic E-state index is 13.0. The highest BCUT2D eigenvalue weighted by Crippen LogP contribution is 2.16. The van der Waals surface area contributed by atoms with Crippen LogP contribution in [0.4, 0.5) is 19.3 Å². The van der Waals surface area contributed by atoms with Crippen LogP contribution in [-0.4, -0.2) is 12.7 Å². The maximum absolute atomic E-state index is 13.0. The summed E-state index contributed by atoms with van der Waals surface area (Å²) >= 11 is 0. The first-order valence-electron chi connectivity index (χ1n) is 4.03. The Morgan fingerprint density at radius 2 is 2.21 bits per heavy atom. The average molecular weight is 201 g/mol. The van der Waals surface area contributed by atoms with Crippen LogP contribution in [0.2, 0.25) is 0 Å². The third kappa shape index (κ3) is 2.42. The number of anilines is 1. The largest absolute Gasteiger partial charge is 0.450 e. The number of hydrogen-bond acceptors (Lipinski definition) is 2. The number of hydrogen-bond donors (Lipinski definition) is 1. The van der Waals surface area contributed by atoms with Crippen molar-refractivity contribution in [2.24, 2.45) is 0 Å². The molecule has 0 atom stereocenters. The van der Waals surface area contributed by atoms with Crippen LogP contribution in [0.25, 0.3) is 0 Å². The molecule has 0 aliphatic carbocycles. The number of amides is 1. The Morgan fingerprint density at radius 1 is 1.50 bits per heavy atom. The molecule has 0 aliphatic rings. The third-order valence-corrected chi connectivity index (χ3v) is 1.46. The van der Waals surface area contributed by atoms with E-state index in [1.54, 1.807) is 6.92 Å². The van der Waals surface area contributed by atoms with Gasteiger partial charge in [0.25, 0.3) is 0 Å². The van der Waals surface area contributed by atoms with E-state index in [1.807, 2.05) is 0 Å². The van der Waals surface area contributed by atoms with Crippen LogP contribution < -0.4 is 5.32 Å². The molecule has 3 nitrogen and oxygen atoms in total. The van der Waals surface area contributed by atoms with Gasteiger partial charge in [-0.25, -0.2) is 13.6 Å². The second kappa shape index (κ2) is 4.55. The Balaban J connectivity index is 2.76. The number of nitrogens with one attached hydrogen (secondary N) is 1. The lowest BCUT2D eigenvalue weighted by molar-refractivity contribution is 0.167. The fourth-order valence-electron chi connectivity index (χ4n) is 0.877. The highest BCUT2D eigenvalue weighted by Gasteiger charge is 2.10. The number of carbonyl (C=O) groups is 1. The summed E-state index contributed by atoms with van der Waals surface area (Å²) < 4.78 is 30.1. The molecule has 14 heavy (non-hydrogen) atoms. The molecule has 0 fully saturated rings. The molecular weight excluding hydrogens is 192 g/mol. The van der Waals surface area contributed by atoms with E-state index in [9.17, 15) is 13.6 Å². The molecule has 0 saturated carbocycles. The Hall–Kier alpha value is -1.65. The van der Waals surface area contributed by atoms with Crippen molar-refractivity contribution in [1.29, 1.82) is 0 Å². The van der Waals surface area contributed by atoms with Crippen molar-refractivity contribution in [3.63, 3.8) is 0 Å². The van der Waals surface area contributed by atoms with Gasteiger partial charge in [-0.3, -0.25) is 5.32 Å². The van der Waals surface area contributed by atoms with Gasteiger partial charge in [-0.05, 0) is 19.1 Å². The van der Waals surface area contributed by atoms with E-state index < -0.39 is 17.7 Å². The first kappa shape index (κ1) is 10.4. The second-order valence-electron chi connectivity index (χ2n) is 2.45. The van der Waals surface area contributed by atoms with Crippen LogP contribution in [0, 0.1) is 11.6 Å². The van der Waals surface area contributed by atoms with Crippen LogP contribution in [0.3, 0.4) is 0 Å². The molecule has 1 amide bonds. The van der Waals surface area contributed by atoms with Gasteiger partial charge in [-0.15, -0.1) is 0 Å². The molecule has 0 bridgehead atoms. The van der Waals surface area contributed by atoms with Crippen molar-refractivity contribution in [2.75, 3.05) is 11.9 Å². The van der Waals surface area contributed by atoms with E-state index in [2.05, 4.69) is 10.1 Å². The Kier molecular flexibility index (Phi) is 3.39. The lowest BCUT2D eigenvalue weighted by Crippen LogP contribution is -2.14. The molecule has 76 valence electrons. The lowest BCUT2D eigenvalue weighted by atomic mass is 10.3. The molecule has 0 aliphatic heterocycles. The zero-order chi connectivity index (χ0) is 10.6. The summed E-state index contributed by atoms with van der Waals surface area (Å²) in [5, 5.41) is 2.08. The molecule has 1 aromatic carbocycles. The minimum absolute atomic E-state index is 0.169. The molecule has 1 aromatic rings.